The molecule has 0 aliphatic carbocycles. The van der Waals surface area contributed by atoms with Crippen LogP contribution in [0.1, 0.15) is 6.42 Å². The van der Waals surface area contributed by atoms with Gasteiger partial charge < -0.3 is 19.8 Å². The first-order valence-electron chi connectivity index (χ1n) is 9.23. The molecular formula is C21H22ClFN2O6. The van der Waals surface area contributed by atoms with Crippen molar-refractivity contribution in [1.29, 1.82) is 0 Å². The first-order chi connectivity index (χ1) is 14.6. The van der Waals surface area contributed by atoms with Crippen LogP contribution in [-0.2, 0) is 14.3 Å². The fourth-order valence-corrected chi connectivity index (χ4v) is 3.18. The number of aliphatic carboxylic acids is 2. The molecule has 1 heterocycles. The van der Waals surface area contributed by atoms with E-state index in [9.17, 15) is 9.18 Å². The third-order valence-electron chi connectivity index (χ3n) is 4.53. The van der Waals surface area contributed by atoms with Gasteiger partial charge >= 0.3 is 18.0 Å². The number of hydrogen-bond acceptors (Lipinski definition) is 5. The molecule has 1 saturated heterocycles. The lowest BCUT2D eigenvalue weighted by molar-refractivity contribution is -0.159. The Morgan fingerprint density at radius 1 is 1.16 bits per heavy atom. The minimum atomic E-state index is -1.82. The molecule has 166 valence electrons. The topological polar surface area (TPSA) is 107 Å². The minimum absolute atomic E-state index is 0.136. The van der Waals surface area contributed by atoms with Crippen LogP contribution in [0.3, 0.4) is 0 Å². The Kier molecular flexibility index (Phi) is 8.35. The Morgan fingerprint density at radius 3 is 2.39 bits per heavy atom. The van der Waals surface area contributed by atoms with Crippen molar-refractivity contribution in [3.63, 3.8) is 0 Å². The number of carbonyl (C=O) groups is 3. The molecule has 8 nitrogen and oxygen atoms in total. The van der Waals surface area contributed by atoms with Gasteiger partial charge in [0.05, 0.1) is 5.69 Å². The Morgan fingerprint density at radius 2 is 1.84 bits per heavy atom. The van der Waals surface area contributed by atoms with Gasteiger partial charge in [-0.1, -0.05) is 23.7 Å². The van der Waals surface area contributed by atoms with Crippen LogP contribution in [0.5, 0.6) is 0 Å². The lowest BCUT2D eigenvalue weighted by atomic mass is 10.0. The molecule has 0 bridgehead atoms. The molecule has 0 spiro atoms. The van der Waals surface area contributed by atoms with Crippen molar-refractivity contribution in [2.24, 2.45) is 0 Å². The van der Waals surface area contributed by atoms with E-state index in [0.717, 1.165) is 18.5 Å². The van der Waals surface area contributed by atoms with Gasteiger partial charge in [0.1, 0.15) is 11.9 Å². The first-order valence-corrected chi connectivity index (χ1v) is 9.61. The van der Waals surface area contributed by atoms with Crippen LogP contribution in [0.4, 0.5) is 14.9 Å². The number of carboxylic acids is 2. The average Bonchev–Trinajstić information content (AvgIpc) is 3.12. The van der Waals surface area contributed by atoms with Crippen molar-refractivity contribution in [2.75, 3.05) is 32.1 Å². The molecule has 31 heavy (non-hydrogen) atoms. The van der Waals surface area contributed by atoms with Crippen molar-refractivity contribution in [2.45, 2.75) is 12.5 Å². The van der Waals surface area contributed by atoms with Crippen molar-refractivity contribution in [3.8, 4) is 11.1 Å². The summed E-state index contributed by atoms with van der Waals surface area (Å²) in [7, 11) is 3.57. The van der Waals surface area contributed by atoms with Crippen LogP contribution >= 0.6 is 11.6 Å². The van der Waals surface area contributed by atoms with Crippen LogP contribution in [0, 0.1) is 5.82 Å². The maximum atomic E-state index is 13.8. The third-order valence-corrected chi connectivity index (χ3v) is 4.76. The largest absolute Gasteiger partial charge is 0.473 e. The Hall–Kier alpha value is -3.17. The molecule has 3 rings (SSSR count). The SMILES string of the molecule is CN1CC[C@@H](OC(=O)N(C)c2cc(F)ccc2-c2cccc(Cl)c2)C1.O=C(O)C(=O)O. The number of halogens is 2. The van der Waals surface area contributed by atoms with E-state index in [-0.39, 0.29) is 6.10 Å². The predicted octanol–water partition coefficient (Wildman–Crippen LogP) is 3.58. The fourth-order valence-electron chi connectivity index (χ4n) is 2.99. The second kappa shape index (κ2) is 10.7. The highest BCUT2D eigenvalue weighted by atomic mass is 35.5. The molecule has 2 N–H and O–H groups in total. The minimum Gasteiger partial charge on any atom is -0.473 e. The standard InChI is InChI=1S/C19H20ClFN2O2.C2H2O4/c1-22-9-8-16(12-22)25-19(24)23(2)18-11-15(21)6-7-17(18)13-4-3-5-14(20)10-13;3-1(4)2(5)6/h3-7,10-11,16H,8-9,12H2,1-2H3;(H,3,4)(H,5,6)/t16-;/m1./s1. The van der Waals surface area contributed by atoms with E-state index in [1.165, 1.54) is 17.0 Å². The zero-order valence-electron chi connectivity index (χ0n) is 16.9. The predicted molar refractivity (Wildman–Crippen MR) is 113 cm³/mol. The van der Waals surface area contributed by atoms with Gasteiger partial charge in [0.15, 0.2) is 0 Å². The summed E-state index contributed by atoms with van der Waals surface area (Å²) in [6.07, 6.45) is 0.178. The van der Waals surface area contributed by atoms with Gasteiger partial charge in [0.2, 0.25) is 0 Å². The van der Waals surface area contributed by atoms with Crippen LogP contribution < -0.4 is 4.90 Å². The second-order valence-corrected chi connectivity index (χ2v) is 7.33. The molecule has 2 aromatic carbocycles. The van der Waals surface area contributed by atoms with Crippen molar-refractivity contribution < 1.29 is 33.7 Å². The van der Waals surface area contributed by atoms with Crippen LogP contribution in [-0.4, -0.2) is 66.4 Å². The smallest absolute Gasteiger partial charge is 0.414 e. The van der Waals surface area contributed by atoms with Gasteiger partial charge in [-0.3, -0.25) is 4.90 Å². The number of hydrogen-bond donors (Lipinski definition) is 2. The molecule has 0 saturated carbocycles. The van der Waals surface area contributed by atoms with Gasteiger partial charge in [-0.2, -0.15) is 0 Å². The van der Waals surface area contributed by atoms with Gasteiger partial charge in [-0.15, -0.1) is 0 Å². The summed E-state index contributed by atoms with van der Waals surface area (Å²) >= 11 is 6.06. The molecule has 1 aliphatic rings. The number of amides is 1. The summed E-state index contributed by atoms with van der Waals surface area (Å²) in [5.74, 6) is -4.06. The number of ether oxygens (including phenoxy) is 1. The van der Waals surface area contributed by atoms with E-state index >= 15 is 0 Å². The monoisotopic (exact) mass is 452 g/mol. The summed E-state index contributed by atoms with van der Waals surface area (Å²) < 4.78 is 19.4. The highest BCUT2D eigenvalue weighted by Crippen LogP contribution is 2.33. The molecule has 0 aromatic heterocycles. The van der Waals surface area contributed by atoms with E-state index < -0.39 is 23.8 Å². The lowest BCUT2D eigenvalue weighted by Crippen LogP contribution is -2.32. The number of benzene rings is 2. The molecular weight excluding hydrogens is 431 g/mol. The molecule has 0 radical (unpaired) electrons. The van der Waals surface area contributed by atoms with Gasteiger partial charge in [-0.25, -0.2) is 18.8 Å². The summed E-state index contributed by atoms with van der Waals surface area (Å²) in [6, 6.07) is 11.6. The average molecular weight is 453 g/mol. The molecule has 1 aliphatic heterocycles. The van der Waals surface area contributed by atoms with Gasteiger partial charge in [0.25, 0.3) is 0 Å². The number of carboxylic acid groups (broad SMARTS) is 2. The number of anilines is 1. The summed E-state index contributed by atoms with van der Waals surface area (Å²) in [4.78, 5) is 34.2. The Balaban J connectivity index is 0.000000501. The zero-order valence-corrected chi connectivity index (χ0v) is 17.7. The highest BCUT2D eigenvalue weighted by molar-refractivity contribution is 6.30. The van der Waals surface area contributed by atoms with Crippen molar-refractivity contribution in [3.05, 3.63) is 53.3 Å². The van der Waals surface area contributed by atoms with E-state index in [2.05, 4.69) is 4.90 Å². The van der Waals surface area contributed by atoms with Crippen molar-refractivity contribution in [1.82, 2.24) is 4.90 Å². The van der Waals surface area contributed by atoms with Gasteiger partial charge in [0, 0.05) is 30.7 Å². The van der Waals surface area contributed by atoms with E-state index in [1.807, 2.05) is 19.2 Å². The lowest BCUT2D eigenvalue weighted by Gasteiger charge is -2.23. The number of likely N-dealkylation sites (tertiary alicyclic amines) is 1. The third kappa shape index (κ3) is 6.94. The molecule has 1 amide bonds. The number of carbonyl (C=O) groups excluding carboxylic acids is 1. The highest BCUT2D eigenvalue weighted by Gasteiger charge is 2.26. The maximum absolute atomic E-state index is 13.8. The molecule has 10 heteroatoms. The molecule has 0 unspecified atom stereocenters. The quantitative estimate of drug-likeness (QED) is 0.685. The fraction of sp³-hybridized carbons (Fsp3) is 0.286. The molecule has 1 fully saturated rings. The number of nitrogens with zero attached hydrogens (tertiary/aromatic N) is 2. The molecule has 1 atom stereocenters. The van der Waals surface area contributed by atoms with Gasteiger partial charge in [-0.05, 0) is 49.4 Å². The summed E-state index contributed by atoms with van der Waals surface area (Å²) in [6.45, 7) is 1.61. The number of likely N-dealkylation sites (N-methyl/N-ethyl adjacent to an activating group) is 1. The Labute approximate surface area is 183 Å². The van der Waals surface area contributed by atoms with E-state index in [0.29, 0.717) is 22.8 Å². The Bertz CT molecular complexity index is 959. The van der Waals surface area contributed by atoms with Crippen LogP contribution in [0.2, 0.25) is 5.02 Å². The van der Waals surface area contributed by atoms with E-state index in [4.69, 9.17) is 36.1 Å². The zero-order chi connectivity index (χ0) is 23.1. The maximum Gasteiger partial charge on any atom is 0.414 e. The van der Waals surface area contributed by atoms with E-state index in [1.54, 1.807) is 25.2 Å². The van der Waals surface area contributed by atoms with Crippen LogP contribution in [0.25, 0.3) is 11.1 Å². The van der Waals surface area contributed by atoms with Crippen LogP contribution in [0.15, 0.2) is 42.5 Å². The second-order valence-electron chi connectivity index (χ2n) is 6.90. The normalized spacial score (nSPS) is 15.5. The first kappa shape index (κ1) is 24.1. The number of rotatable bonds is 3. The summed E-state index contributed by atoms with van der Waals surface area (Å²) in [5, 5.41) is 15.4. The summed E-state index contributed by atoms with van der Waals surface area (Å²) in [5.41, 5.74) is 1.97. The van der Waals surface area contributed by atoms with Crippen molar-refractivity contribution >= 4 is 35.3 Å². The molecule has 2 aromatic rings.